The molecule has 2 heterocycles. The minimum absolute atomic E-state index is 0.641. The van der Waals surface area contributed by atoms with Gasteiger partial charge in [0.25, 0.3) is 0 Å². The quantitative estimate of drug-likeness (QED) is 0.173. The first-order valence-corrected chi connectivity index (χ1v) is 19.6. The average Bonchev–Trinajstić information content (AvgIpc) is 3.72. The lowest BCUT2D eigenvalue weighted by Gasteiger charge is -2.21. The first-order chi connectivity index (χ1) is 27.7. The smallest absolute Gasteiger partial charge is 0.0991 e. The summed E-state index contributed by atoms with van der Waals surface area (Å²) in [5, 5.41) is 14.8. The van der Waals surface area contributed by atoms with E-state index in [-0.39, 0.29) is 0 Å². The zero-order valence-electron chi connectivity index (χ0n) is 32.9. The zero-order chi connectivity index (χ0) is 38.9. The maximum absolute atomic E-state index is 9.98. The number of benzene rings is 8. The molecule has 3 nitrogen and oxygen atoms in total. The van der Waals surface area contributed by atoms with Crippen LogP contribution < -0.4 is 0 Å². The molecule has 0 amide bonds. The molecule has 10 rings (SSSR count). The first kappa shape index (κ1) is 34.3. The summed E-state index contributed by atoms with van der Waals surface area (Å²) in [5.74, 6) is 0. The molecule has 0 N–H and O–H groups in total. The van der Waals surface area contributed by atoms with Crippen molar-refractivity contribution in [2.24, 2.45) is 0 Å². The Morgan fingerprint density at radius 2 is 0.895 bits per heavy atom. The maximum Gasteiger partial charge on any atom is 0.0991 e. The van der Waals surface area contributed by atoms with Crippen LogP contribution in [0.25, 0.3) is 88.4 Å². The number of rotatable bonds is 5. The molecule has 0 aliphatic rings. The summed E-state index contributed by atoms with van der Waals surface area (Å²) in [6.07, 6.45) is 0. The summed E-state index contributed by atoms with van der Waals surface area (Å²) in [4.78, 5) is 0. The molecule has 8 aromatic carbocycles. The lowest BCUT2D eigenvalue weighted by molar-refractivity contribution is 1.10. The summed E-state index contributed by atoms with van der Waals surface area (Å²) in [5.41, 5.74) is 20.6. The van der Waals surface area contributed by atoms with E-state index in [1.165, 1.54) is 71.6 Å². The molecule has 0 aliphatic heterocycles. The second-order valence-electron chi connectivity index (χ2n) is 15.7. The van der Waals surface area contributed by atoms with Crippen molar-refractivity contribution in [2.45, 2.75) is 34.6 Å². The van der Waals surface area contributed by atoms with E-state index in [1.807, 2.05) is 18.2 Å². The van der Waals surface area contributed by atoms with E-state index < -0.39 is 0 Å². The highest BCUT2D eigenvalue weighted by Gasteiger charge is 2.23. The largest absolute Gasteiger partial charge is 0.309 e. The molecule has 272 valence electrons. The minimum Gasteiger partial charge on any atom is -0.309 e. The summed E-state index contributed by atoms with van der Waals surface area (Å²) < 4.78 is 4.89. The third-order valence-electron chi connectivity index (χ3n) is 11.6. The number of fused-ring (bicyclic) bond motifs is 6. The molecule has 2 aromatic heterocycles. The number of aryl methyl sites for hydroxylation is 4. The van der Waals surface area contributed by atoms with E-state index >= 15 is 0 Å². The molecule has 57 heavy (non-hydrogen) atoms. The van der Waals surface area contributed by atoms with Crippen molar-refractivity contribution < 1.29 is 0 Å². The van der Waals surface area contributed by atoms with Crippen LogP contribution in [0.1, 0.15) is 33.4 Å². The van der Waals surface area contributed by atoms with Gasteiger partial charge in [-0.15, -0.1) is 0 Å². The lowest BCUT2D eigenvalue weighted by Crippen LogP contribution is -2.05. The van der Waals surface area contributed by atoms with Crippen molar-refractivity contribution in [1.82, 2.24) is 9.13 Å². The number of nitriles is 1. The molecule has 0 bridgehead atoms. The fourth-order valence-electron chi connectivity index (χ4n) is 9.30. The van der Waals surface area contributed by atoms with Gasteiger partial charge in [-0.3, -0.25) is 0 Å². The van der Waals surface area contributed by atoms with Crippen LogP contribution in [0, 0.1) is 45.9 Å². The highest BCUT2D eigenvalue weighted by atomic mass is 15.0. The van der Waals surface area contributed by atoms with Gasteiger partial charge in [-0.25, -0.2) is 0 Å². The molecule has 0 saturated carbocycles. The molecule has 0 fully saturated rings. The zero-order valence-corrected chi connectivity index (χ0v) is 32.9. The van der Waals surface area contributed by atoms with E-state index in [2.05, 4.69) is 189 Å². The highest BCUT2D eigenvalue weighted by Crippen LogP contribution is 2.43. The van der Waals surface area contributed by atoms with Gasteiger partial charge < -0.3 is 9.13 Å². The van der Waals surface area contributed by atoms with Gasteiger partial charge in [-0.05, 0) is 123 Å². The van der Waals surface area contributed by atoms with E-state index in [9.17, 15) is 5.26 Å². The monoisotopic (exact) mass is 731 g/mol. The second-order valence-corrected chi connectivity index (χ2v) is 15.7. The van der Waals surface area contributed by atoms with Gasteiger partial charge in [0.1, 0.15) is 0 Å². The van der Waals surface area contributed by atoms with Crippen LogP contribution in [0.4, 0.5) is 0 Å². The van der Waals surface area contributed by atoms with E-state index in [0.717, 1.165) is 44.6 Å². The van der Waals surface area contributed by atoms with Gasteiger partial charge in [-0.2, -0.15) is 5.26 Å². The summed E-state index contributed by atoms with van der Waals surface area (Å²) in [7, 11) is 0. The van der Waals surface area contributed by atoms with Crippen molar-refractivity contribution in [3.05, 3.63) is 191 Å². The molecular formula is C54H41N3. The van der Waals surface area contributed by atoms with Crippen LogP contribution in [-0.2, 0) is 0 Å². The van der Waals surface area contributed by atoms with Gasteiger partial charge in [0.2, 0.25) is 0 Å². The summed E-state index contributed by atoms with van der Waals surface area (Å²) in [6.45, 7) is 10.9. The lowest BCUT2D eigenvalue weighted by atomic mass is 9.97. The van der Waals surface area contributed by atoms with Crippen LogP contribution in [0.2, 0.25) is 0 Å². The van der Waals surface area contributed by atoms with Gasteiger partial charge in [0.05, 0.1) is 45.1 Å². The number of para-hydroxylation sites is 2. The Labute approximate surface area is 333 Å². The Morgan fingerprint density at radius 3 is 1.46 bits per heavy atom. The molecule has 3 heteroatoms. The fourth-order valence-corrected chi connectivity index (χ4v) is 9.30. The Balaban J connectivity index is 1.27. The molecular weight excluding hydrogens is 691 g/mol. The molecule has 10 aromatic rings. The fraction of sp³-hybridized carbons (Fsp3) is 0.0926. The maximum atomic E-state index is 9.98. The normalized spacial score (nSPS) is 11.6. The molecule has 0 aliphatic carbocycles. The molecule has 0 atom stereocenters. The van der Waals surface area contributed by atoms with Crippen LogP contribution in [0.3, 0.4) is 0 Å². The van der Waals surface area contributed by atoms with E-state index in [1.54, 1.807) is 0 Å². The van der Waals surface area contributed by atoms with Crippen molar-refractivity contribution in [3.8, 4) is 50.8 Å². The number of aromatic nitrogens is 2. The van der Waals surface area contributed by atoms with E-state index in [0.29, 0.717) is 5.56 Å². The first-order valence-electron chi connectivity index (χ1n) is 19.6. The topological polar surface area (TPSA) is 33.6 Å². The van der Waals surface area contributed by atoms with Crippen molar-refractivity contribution in [1.29, 1.82) is 5.26 Å². The van der Waals surface area contributed by atoms with Gasteiger partial charge in [0.15, 0.2) is 0 Å². The van der Waals surface area contributed by atoms with Gasteiger partial charge in [0, 0.05) is 27.1 Å². The third-order valence-corrected chi connectivity index (χ3v) is 11.6. The molecule has 0 radical (unpaired) electrons. The summed E-state index contributed by atoms with van der Waals surface area (Å²) in [6, 6.07) is 59.8. The minimum atomic E-state index is 0.641. The Kier molecular flexibility index (Phi) is 7.99. The standard InChI is InChI=1S/C54H41N3/c1-33-23-34(2)26-42(25-33)39-17-20-52-47(30-39)45-13-6-8-15-50(45)56(52)49-22-19-44(41-12-10-11-38(29-41)32-55)54(37(49)5)57-51-16-9-7-14-46(51)48-31-40(18-21-53(48)57)43-27-35(3)24-36(4)28-43/h6-31H,1-5H3. The molecule has 0 spiro atoms. The molecule has 0 unspecified atom stereocenters. The Bertz CT molecular complexity index is 3270. The van der Waals surface area contributed by atoms with Crippen molar-refractivity contribution in [3.63, 3.8) is 0 Å². The van der Waals surface area contributed by atoms with Gasteiger partial charge in [-0.1, -0.05) is 125 Å². The summed E-state index contributed by atoms with van der Waals surface area (Å²) >= 11 is 0. The predicted octanol–water partition coefficient (Wildman–Crippen LogP) is 14.3. The average molecular weight is 732 g/mol. The molecule has 0 saturated heterocycles. The van der Waals surface area contributed by atoms with Crippen molar-refractivity contribution in [2.75, 3.05) is 0 Å². The van der Waals surface area contributed by atoms with Crippen LogP contribution in [0.5, 0.6) is 0 Å². The SMILES string of the molecule is Cc1cc(C)cc(-c2ccc3c(c2)c2ccccc2n3-c2ccc(-c3cccc(C#N)c3)c(-n3c4ccccc4c4cc(-c5cc(C)cc(C)c5)ccc43)c2C)c1. The highest BCUT2D eigenvalue weighted by molar-refractivity contribution is 6.12. The Morgan fingerprint density at radius 1 is 0.386 bits per heavy atom. The van der Waals surface area contributed by atoms with Crippen LogP contribution in [-0.4, -0.2) is 9.13 Å². The van der Waals surface area contributed by atoms with Crippen molar-refractivity contribution >= 4 is 43.6 Å². The number of nitrogens with zero attached hydrogens (tertiary/aromatic N) is 3. The second kappa shape index (κ2) is 13.3. The van der Waals surface area contributed by atoms with Crippen LogP contribution in [0.15, 0.2) is 158 Å². The van der Waals surface area contributed by atoms with Crippen LogP contribution >= 0.6 is 0 Å². The van der Waals surface area contributed by atoms with E-state index in [4.69, 9.17) is 0 Å². The number of hydrogen-bond acceptors (Lipinski definition) is 1. The Hall–Kier alpha value is -7.15. The van der Waals surface area contributed by atoms with Gasteiger partial charge >= 0.3 is 0 Å². The number of hydrogen-bond donors (Lipinski definition) is 0. The predicted molar refractivity (Wildman–Crippen MR) is 240 cm³/mol. The third kappa shape index (κ3) is 5.64.